The van der Waals surface area contributed by atoms with Gasteiger partial charge in [-0.15, -0.1) is 0 Å². The summed E-state index contributed by atoms with van der Waals surface area (Å²) in [5.74, 6) is 0.780. The minimum absolute atomic E-state index is 0.0943. The minimum atomic E-state index is -0.492. The summed E-state index contributed by atoms with van der Waals surface area (Å²) in [6.45, 7) is 9.86. The number of hydrogen-bond acceptors (Lipinski definition) is 4. The molecule has 0 heterocycles. The number of carbonyl (C=O) groups excluding carboxylic acids is 2. The Balaban J connectivity index is 2.20. The summed E-state index contributed by atoms with van der Waals surface area (Å²) in [5, 5.41) is 12.2. The van der Waals surface area contributed by atoms with Crippen molar-refractivity contribution in [2.45, 2.75) is 84.3 Å². The second kappa shape index (κ2) is 13.2. The number of aliphatic imine (C=N–C) groups is 1. The van der Waals surface area contributed by atoms with Crippen LogP contribution in [0.4, 0.5) is 4.79 Å². The minimum Gasteiger partial charge on any atom is -0.444 e. The standard InChI is InChI=1S/C20H39N5O3/c1-5-21-18(22-13-9-14-24-19(27)28-20(2,3)4)23-15-12-17(26)25-16-10-7-6-8-11-16/h16H,5-15H2,1-4H3,(H,24,27)(H,25,26)(H2,21,22,23). The zero-order valence-corrected chi connectivity index (χ0v) is 18.0. The van der Waals surface area contributed by atoms with E-state index >= 15 is 0 Å². The number of carbonyl (C=O) groups is 2. The third-order valence-corrected chi connectivity index (χ3v) is 4.23. The fourth-order valence-electron chi connectivity index (χ4n) is 2.96. The number of alkyl carbamates (subject to hydrolysis) is 1. The molecular weight excluding hydrogens is 358 g/mol. The van der Waals surface area contributed by atoms with Crippen LogP contribution in [0, 0.1) is 0 Å². The molecule has 0 bridgehead atoms. The molecule has 0 unspecified atom stereocenters. The van der Waals surface area contributed by atoms with E-state index in [1.54, 1.807) is 0 Å². The lowest BCUT2D eigenvalue weighted by Gasteiger charge is -2.22. The van der Waals surface area contributed by atoms with Crippen molar-refractivity contribution in [3.63, 3.8) is 0 Å². The first-order chi connectivity index (χ1) is 13.3. The van der Waals surface area contributed by atoms with Crippen molar-refractivity contribution in [1.82, 2.24) is 21.3 Å². The van der Waals surface area contributed by atoms with Gasteiger partial charge >= 0.3 is 6.09 Å². The van der Waals surface area contributed by atoms with Gasteiger partial charge < -0.3 is 26.0 Å². The van der Waals surface area contributed by atoms with Crippen LogP contribution in [0.2, 0.25) is 0 Å². The van der Waals surface area contributed by atoms with Gasteiger partial charge in [-0.05, 0) is 47.0 Å². The van der Waals surface area contributed by atoms with Crippen LogP contribution in [0.3, 0.4) is 0 Å². The Labute approximate surface area is 169 Å². The van der Waals surface area contributed by atoms with Crippen LogP contribution in [-0.2, 0) is 9.53 Å². The Morgan fingerprint density at radius 2 is 1.75 bits per heavy atom. The van der Waals surface area contributed by atoms with Gasteiger partial charge in [0.2, 0.25) is 5.91 Å². The predicted octanol–water partition coefficient (Wildman–Crippen LogP) is 2.30. The lowest BCUT2D eigenvalue weighted by molar-refractivity contribution is -0.121. The Bertz CT molecular complexity index is 497. The molecule has 2 amide bonds. The molecule has 1 saturated carbocycles. The lowest BCUT2D eigenvalue weighted by atomic mass is 9.95. The summed E-state index contributed by atoms with van der Waals surface area (Å²) in [6.07, 6.45) is 6.63. The summed E-state index contributed by atoms with van der Waals surface area (Å²) in [5.41, 5.74) is -0.492. The van der Waals surface area contributed by atoms with Crippen molar-refractivity contribution in [3.8, 4) is 0 Å². The topological polar surface area (TPSA) is 104 Å². The van der Waals surface area contributed by atoms with Gasteiger partial charge in [-0.1, -0.05) is 19.3 Å². The third-order valence-electron chi connectivity index (χ3n) is 4.23. The molecule has 1 aliphatic carbocycles. The van der Waals surface area contributed by atoms with E-state index in [4.69, 9.17) is 4.74 Å². The summed E-state index contributed by atoms with van der Waals surface area (Å²) < 4.78 is 5.19. The first kappa shape index (κ1) is 24.0. The van der Waals surface area contributed by atoms with Crippen LogP contribution in [0.5, 0.6) is 0 Å². The number of amides is 2. The Morgan fingerprint density at radius 3 is 2.39 bits per heavy atom. The van der Waals surface area contributed by atoms with Crippen LogP contribution in [-0.4, -0.2) is 55.8 Å². The van der Waals surface area contributed by atoms with Crippen LogP contribution in [0.15, 0.2) is 4.99 Å². The largest absolute Gasteiger partial charge is 0.444 e. The zero-order valence-electron chi connectivity index (χ0n) is 18.0. The maximum absolute atomic E-state index is 12.0. The Morgan fingerprint density at radius 1 is 1.04 bits per heavy atom. The number of rotatable bonds is 9. The first-order valence-electron chi connectivity index (χ1n) is 10.6. The summed E-state index contributed by atoms with van der Waals surface area (Å²) >= 11 is 0. The highest BCUT2D eigenvalue weighted by molar-refractivity contribution is 5.81. The normalized spacial score (nSPS) is 15.6. The van der Waals surface area contributed by atoms with Crippen LogP contribution >= 0.6 is 0 Å². The molecule has 0 saturated heterocycles. The van der Waals surface area contributed by atoms with E-state index < -0.39 is 11.7 Å². The Hall–Kier alpha value is -1.99. The third kappa shape index (κ3) is 12.4. The number of guanidine groups is 1. The van der Waals surface area contributed by atoms with Gasteiger partial charge in [0.15, 0.2) is 5.96 Å². The smallest absolute Gasteiger partial charge is 0.407 e. The first-order valence-corrected chi connectivity index (χ1v) is 10.6. The van der Waals surface area contributed by atoms with Crippen molar-refractivity contribution < 1.29 is 14.3 Å². The molecule has 1 aliphatic rings. The molecule has 0 aliphatic heterocycles. The maximum atomic E-state index is 12.0. The molecular formula is C20H39N5O3. The number of nitrogens with zero attached hydrogens (tertiary/aromatic N) is 1. The Kier molecular flexibility index (Phi) is 11.4. The van der Waals surface area contributed by atoms with Crippen molar-refractivity contribution >= 4 is 18.0 Å². The number of ether oxygens (including phenoxy) is 1. The fourth-order valence-corrected chi connectivity index (χ4v) is 2.96. The molecule has 0 radical (unpaired) electrons. The van der Waals surface area contributed by atoms with Crippen molar-refractivity contribution in [3.05, 3.63) is 0 Å². The lowest BCUT2D eigenvalue weighted by Crippen LogP contribution is -2.41. The summed E-state index contributed by atoms with van der Waals surface area (Å²) in [7, 11) is 0. The van der Waals surface area contributed by atoms with Crippen LogP contribution < -0.4 is 21.3 Å². The molecule has 0 atom stereocenters. The number of nitrogens with one attached hydrogen (secondary N) is 4. The number of hydrogen-bond donors (Lipinski definition) is 4. The van der Waals surface area contributed by atoms with Gasteiger partial charge in [0, 0.05) is 38.6 Å². The van der Waals surface area contributed by atoms with Gasteiger partial charge in [-0.3, -0.25) is 9.79 Å². The highest BCUT2D eigenvalue weighted by atomic mass is 16.6. The van der Waals surface area contributed by atoms with Crippen LogP contribution in [0.1, 0.15) is 72.6 Å². The van der Waals surface area contributed by atoms with Gasteiger partial charge in [0.25, 0.3) is 0 Å². The van der Waals surface area contributed by atoms with Crippen molar-refractivity contribution in [2.24, 2.45) is 4.99 Å². The fraction of sp³-hybridized carbons (Fsp3) is 0.850. The van der Waals surface area contributed by atoms with E-state index in [2.05, 4.69) is 26.3 Å². The molecule has 1 rings (SSSR count). The molecule has 8 heteroatoms. The highest BCUT2D eigenvalue weighted by Gasteiger charge is 2.16. The average molecular weight is 398 g/mol. The SMILES string of the molecule is CCNC(=NCCCNC(=O)OC(C)(C)C)NCCC(=O)NC1CCCCC1. The molecule has 162 valence electrons. The van der Waals surface area contributed by atoms with Gasteiger partial charge in [0.05, 0.1) is 0 Å². The van der Waals surface area contributed by atoms with E-state index in [-0.39, 0.29) is 5.91 Å². The zero-order chi connectivity index (χ0) is 20.8. The molecule has 0 spiro atoms. The molecule has 4 N–H and O–H groups in total. The van der Waals surface area contributed by atoms with E-state index in [9.17, 15) is 9.59 Å². The molecule has 8 nitrogen and oxygen atoms in total. The monoisotopic (exact) mass is 397 g/mol. The van der Waals surface area contributed by atoms with E-state index in [0.29, 0.717) is 44.5 Å². The summed E-state index contributed by atoms with van der Waals surface area (Å²) in [4.78, 5) is 28.1. The van der Waals surface area contributed by atoms with Crippen molar-refractivity contribution in [1.29, 1.82) is 0 Å². The van der Waals surface area contributed by atoms with E-state index in [1.807, 2.05) is 27.7 Å². The summed E-state index contributed by atoms with van der Waals surface area (Å²) in [6, 6.07) is 0.348. The maximum Gasteiger partial charge on any atom is 0.407 e. The molecule has 0 aromatic heterocycles. The van der Waals surface area contributed by atoms with Crippen molar-refractivity contribution in [2.75, 3.05) is 26.2 Å². The molecule has 1 fully saturated rings. The quantitative estimate of drug-likeness (QED) is 0.271. The van der Waals surface area contributed by atoms with Crippen LogP contribution in [0.25, 0.3) is 0 Å². The molecule has 0 aromatic carbocycles. The van der Waals surface area contributed by atoms with E-state index in [0.717, 1.165) is 19.4 Å². The molecule has 0 aromatic rings. The second-order valence-corrected chi connectivity index (χ2v) is 8.12. The highest BCUT2D eigenvalue weighted by Crippen LogP contribution is 2.17. The van der Waals surface area contributed by atoms with Gasteiger partial charge in [0.1, 0.15) is 5.60 Å². The predicted molar refractivity (Wildman–Crippen MR) is 112 cm³/mol. The van der Waals surface area contributed by atoms with Gasteiger partial charge in [-0.2, -0.15) is 0 Å². The second-order valence-electron chi connectivity index (χ2n) is 8.12. The average Bonchev–Trinajstić information content (AvgIpc) is 2.60. The van der Waals surface area contributed by atoms with E-state index in [1.165, 1.54) is 19.3 Å². The van der Waals surface area contributed by atoms with Gasteiger partial charge in [-0.25, -0.2) is 4.79 Å². The molecule has 28 heavy (non-hydrogen) atoms.